The molecule has 4 unspecified atom stereocenters. The molecule has 2 heterocycles. The Morgan fingerprint density at radius 3 is 2.74 bits per heavy atom. The van der Waals surface area contributed by atoms with Gasteiger partial charge >= 0.3 is 0 Å². The van der Waals surface area contributed by atoms with Gasteiger partial charge in [-0.2, -0.15) is 0 Å². The summed E-state index contributed by atoms with van der Waals surface area (Å²) in [4.78, 5) is 38.1. The van der Waals surface area contributed by atoms with Crippen LogP contribution >= 0.6 is 0 Å². The minimum atomic E-state index is -0.552. The van der Waals surface area contributed by atoms with Gasteiger partial charge in [-0.15, -0.1) is 0 Å². The third-order valence-electron chi connectivity index (χ3n) is 3.67. The average Bonchev–Trinajstić information content (AvgIpc) is 2.97. The van der Waals surface area contributed by atoms with Crippen molar-refractivity contribution in [2.75, 3.05) is 26.7 Å². The van der Waals surface area contributed by atoms with E-state index in [4.69, 9.17) is 2.74 Å². The maximum atomic E-state index is 12.0. The first kappa shape index (κ1) is 11.4. The van der Waals surface area contributed by atoms with Gasteiger partial charge in [0.25, 0.3) is 0 Å². The summed E-state index contributed by atoms with van der Waals surface area (Å²) in [5.41, 5.74) is 0. The number of likely N-dealkylation sites (tertiary alicyclic amines) is 2. The summed E-state index contributed by atoms with van der Waals surface area (Å²) in [7, 11) is 1.79. The number of likely N-dealkylation sites (N-methyl/N-ethyl adjacent to an activating group) is 1. The van der Waals surface area contributed by atoms with Crippen LogP contribution in [0.2, 0.25) is 0 Å². The van der Waals surface area contributed by atoms with Crippen LogP contribution < -0.4 is 5.32 Å². The Hall–Kier alpha value is -1.43. The van der Waals surface area contributed by atoms with Gasteiger partial charge in [0.05, 0.1) is 18.6 Å². The van der Waals surface area contributed by atoms with E-state index < -0.39 is 12.4 Å². The second-order valence-corrected chi connectivity index (χ2v) is 4.97. The molecule has 106 valence electrons. The van der Waals surface area contributed by atoms with Crippen LogP contribution in [0.1, 0.15) is 28.4 Å². The predicted molar refractivity (Wildman–Crippen MR) is 69.5 cm³/mol. The molecule has 2 fully saturated rings. The largest absolute Gasteiger partial charge is 0.346 e. The van der Waals surface area contributed by atoms with Gasteiger partial charge < -0.3 is 15.0 Å². The van der Waals surface area contributed by atoms with Crippen molar-refractivity contribution >= 4 is 18.1 Å². The normalized spacial score (nSPS) is 36.8. The Morgan fingerprint density at radius 2 is 2.11 bits per heavy atom. The second-order valence-electron chi connectivity index (χ2n) is 4.97. The molecule has 0 aromatic carbocycles. The van der Waals surface area contributed by atoms with Crippen LogP contribution in [0.3, 0.4) is 0 Å². The average molecular weight is 271 g/mol. The highest BCUT2D eigenvalue weighted by atomic mass is 16.2. The van der Waals surface area contributed by atoms with Gasteiger partial charge in [0.2, 0.25) is 11.8 Å². The molecule has 6 heteroatoms. The Bertz CT molecular complexity index is 435. The van der Waals surface area contributed by atoms with E-state index in [1.165, 1.54) is 4.90 Å². The molecule has 2 saturated heterocycles. The van der Waals surface area contributed by atoms with Crippen molar-refractivity contribution in [2.24, 2.45) is 0 Å². The number of nitrogens with zero attached hydrogens (tertiary/aromatic N) is 2. The van der Waals surface area contributed by atoms with Crippen molar-refractivity contribution in [3.63, 3.8) is 0 Å². The Balaban J connectivity index is 1.84. The van der Waals surface area contributed by atoms with Crippen molar-refractivity contribution in [1.29, 1.82) is 0 Å². The van der Waals surface area contributed by atoms with Crippen LogP contribution in [0.15, 0.2) is 0 Å². The highest BCUT2D eigenvalue weighted by Gasteiger charge is 2.30. The lowest BCUT2D eigenvalue weighted by atomic mass is 10.2. The number of hydrogen-bond donors (Lipinski definition) is 1. The molecule has 0 aromatic rings. The molecule has 19 heavy (non-hydrogen) atoms. The lowest BCUT2D eigenvalue weighted by molar-refractivity contribution is -0.136. The topological polar surface area (TPSA) is 69.7 Å². The standard InChI is InChI=1S/C13H21N3O3/c1-15-6-3-5-11(15)13(19)14-8-12(18)16-7-2-4-10(16)9-17/h9-11H,2-8H2,1H3,(H,14,19)/i2T,3T. The molecule has 0 saturated carbocycles. The van der Waals surface area contributed by atoms with Crippen LogP contribution in [0.4, 0.5) is 0 Å². The zero-order chi connectivity index (χ0) is 15.6. The van der Waals surface area contributed by atoms with Crippen molar-refractivity contribution in [3.05, 3.63) is 0 Å². The minimum Gasteiger partial charge on any atom is -0.346 e. The van der Waals surface area contributed by atoms with Crippen LogP contribution in [0, 0.1) is 0 Å². The van der Waals surface area contributed by atoms with Crippen molar-refractivity contribution in [1.82, 2.24) is 15.1 Å². The lowest BCUT2D eigenvalue weighted by Crippen LogP contribution is -2.47. The third-order valence-corrected chi connectivity index (χ3v) is 3.67. The summed E-state index contributed by atoms with van der Waals surface area (Å²) in [6.07, 6.45) is 0.790. The smallest absolute Gasteiger partial charge is 0.242 e. The second kappa shape index (κ2) is 6.14. The lowest BCUT2D eigenvalue weighted by Gasteiger charge is -2.22. The van der Waals surface area contributed by atoms with Crippen molar-refractivity contribution < 1.29 is 17.1 Å². The maximum absolute atomic E-state index is 12.0. The van der Waals surface area contributed by atoms with E-state index in [1.807, 2.05) is 0 Å². The first-order chi connectivity index (χ1) is 9.92. The van der Waals surface area contributed by atoms with Crippen LogP contribution in [0.5, 0.6) is 0 Å². The SMILES string of the molecule is [3H]C1CC(C(=O)NCC(=O)N2CC([3H])CC2C=O)N(C)C1. The fraction of sp³-hybridized carbons (Fsp3) is 0.769. The molecule has 2 aliphatic heterocycles. The summed E-state index contributed by atoms with van der Waals surface area (Å²) < 4.78 is 15.3. The molecule has 6 nitrogen and oxygen atoms in total. The molecular formula is C13H21N3O3. The van der Waals surface area contributed by atoms with E-state index in [-0.39, 0.29) is 37.3 Å². The van der Waals surface area contributed by atoms with Crippen LogP contribution in [0.25, 0.3) is 0 Å². The zero-order valence-corrected chi connectivity index (χ0v) is 11.0. The number of nitrogens with one attached hydrogen (secondary N) is 1. The highest BCUT2D eigenvalue weighted by molar-refractivity contribution is 5.88. The quantitative estimate of drug-likeness (QED) is 0.692. The van der Waals surface area contributed by atoms with Gasteiger partial charge in [-0.3, -0.25) is 14.5 Å². The van der Waals surface area contributed by atoms with Gasteiger partial charge in [0.15, 0.2) is 0 Å². The van der Waals surface area contributed by atoms with Crippen molar-refractivity contribution in [3.8, 4) is 0 Å². The summed E-state index contributed by atoms with van der Waals surface area (Å²) in [6, 6.07) is -0.923. The molecule has 0 bridgehead atoms. The van der Waals surface area contributed by atoms with Crippen molar-refractivity contribution in [2.45, 2.75) is 37.7 Å². The highest BCUT2D eigenvalue weighted by Crippen LogP contribution is 2.16. The fourth-order valence-electron chi connectivity index (χ4n) is 2.50. The fourth-order valence-corrected chi connectivity index (χ4v) is 2.50. The van der Waals surface area contributed by atoms with E-state index in [0.29, 0.717) is 25.7 Å². The van der Waals surface area contributed by atoms with Crippen LogP contribution in [-0.4, -0.2) is 66.7 Å². The Morgan fingerprint density at radius 1 is 1.37 bits per heavy atom. The number of amides is 2. The number of carbonyl (C=O) groups is 3. The monoisotopic (exact) mass is 271 g/mol. The van der Waals surface area contributed by atoms with Gasteiger partial charge in [-0.05, 0) is 39.2 Å². The number of carbonyl (C=O) groups excluding carboxylic acids is 3. The van der Waals surface area contributed by atoms with E-state index in [0.717, 1.165) is 0 Å². The minimum absolute atomic E-state index is 0.164. The van der Waals surface area contributed by atoms with Crippen LogP contribution in [-0.2, 0) is 14.4 Å². The van der Waals surface area contributed by atoms with Gasteiger partial charge in [-0.25, -0.2) is 0 Å². The molecule has 2 amide bonds. The van der Waals surface area contributed by atoms with Gasteiger partial charge in [0, 0.05) is 9.29 Å². The van der Waals surface area contributed by atoms with E-state index >= 15 is 0 Å². The molecule has 1 N–H and O–H groups in total. The Labute approximate surface area is 115 Å². The number of hydrogen-bond acceptors (Lipinski definition) is 4. The van der Waals surface area contributed by atoms with E-state index in [1.54, 1.807) is 11.9 Å². The molecule has 2 aliphatic rings. The summed E-state index contributed by atoms with van der Waals surface area (Å²) in [6.45, 7) is 0.616. The zero-order valence-electron chi connectivity index (χ0n) is 13.0. The molecule has 0 spiro atoms. The molecule has 0 radical (unpaired) electrons. The van der Waals surface area contributed by atoms with Gasteiger partial charge in [-0.1, -0.05) is 0 Å². The van der Waals surface area contributed by atoms with E-state index in [9.17, 15) is 14.4 Å². The summed E-state index contributed by atoms with van der Waals surface area (Å²) >= 11 is 0. The third kappa shape index (κ3) is 3.12. The molecule has 0 aromatic heterocycles. The summed E-state index contributed by atoms with van der Waals surface area (Å²) in [5.74, 6) is -0.594. The first-order valence-electron chi connectivity index (χ1n) is 7.65. The van der Waals surface area contributed by atoms with Gasteiger partial charge in [0.1, 0.15) is 6.29 Å². The number of aldehydes is 1. The predicted octanol–water partition coefficient (Wildman–Crippen LogP) is -0.613. The summed E-state index contributed by atoms with van der Waals surface area (Å²) in [5, 5.41) is 2.58. The Kier molecular flexibility index (Phi) is 3.69. The molecule has 4 atom stereocenters. The molecular weight excluding hydrogens is 246 g/mol. The molecule has 0 aliphatic carbocycles. The first-order valence-corrected chi connectivity index (χ1v) is 6.49. The molecule has 2 rings (SSSR count). The maximum Gasteiger partial charge on any atom is 0.242 e. The van der Waals surface area contributed by atoms with E-state index in [2.05, 4.69) is 5.32 Å². The number of rotatable bonds is 4.